The number of para-hydroxylation sites is 3. The summed E-state index contributed by atoms with van der Waals surface area (Å²) in [5.74, 6) is 2.24. The Bertz CT molecular complexity index is 5760. The van der Waals surface area contributed by atoms with Gasteiger partial charge in [-0.05, 0) is 201 Å². The van der Waals surface area contributed by atoms with Crippen LogP contribution < -0.4 is 29.4 Å². The quantitative estimate of drug-likeness (QED) is 0.0341. The van der Waals surface area contributed by atoms with Crippen LogP contribution in [0.25, 0.3) is 76.1 Å². The fourth-order valence-corrected chi connectivity index (χ4v) is 17.7. The molecule has 10 heteroatoms. The summed E-state index contributed by atoms with van der Waals surface area (Å²) < 4.78 is 32.1. The van der Waals surface area contributed by atoms with Gasteiger partial charge in [-0.25, -0.2) is 9.88 Å². The molecule has 13 aromatic rings. The fraction of sp³-hybridized carbons (Fsp3) is 0.333. The first-order chi connectivity index (χ1) is 49.8. The summed E-state index contributed by atoms with van der Waals surface area (Å²) in [6, 6.07) is 54.2. The van der Waals surface area contributed by atoms with E-state index in [0.717, 1.165) is 63.8 Å². The van der Waals surface area contributed by atoms with Crippen LogP contribution in [-0.4, -0.2) is 21.2 Å². The number of hydrogen-bond acceptors (Lipinski definition) is 8. The number of pyridine rings is 1. The van der Waals surface area contributed by atoms with Crippen molar-refractivity contribution in [3.63, 3.8) is 0 Å². The number of anilines is 1. The van der Waals surface area contributed by atoms with Gasteiger partial charge in [0.25, 0.3) is 17.4 Å². The number of hydrogen-bond donors (Lipinski definition) is 0. The first kappa shape index (κ1) is 72.6. The molecule has 11 aromatic carbocycles. The van der Waals surface area contributed by atoms with Crippen molar-refractivity contribution in [2.75, 3.05) is 4.90 Å². The Morgan fingerprint density at radius 1 is 0.453 bits per heavy atom. The van der Waals surface area contributed by atoms with Gasteiger partial charge < -0.3 is 18.9 Å². The van der Waals surface area contributed by atoms with E-state index in [-0.39, 0.29) is 61.0 Å². The van der Waals surface area contributed by atoms with Crippen LogP contribution >= 0.6 is 0 Å². The lowest BCUT2D eigenvalue weighted by molar-refractivity contribution is 0.0892. The van der Waals surface area contributed by atoms with E-state index >= 15 is 14.4 Å². The zero-order valence-corrected chi connectivity index (χ0v) is 65.8. The third-order valence-corrected chi connectivity index (χ3v) is 21.3. The van der Waals surface area contributed by atoms with Crippen LogP contribution in [0.5, 0.6) is 46.0 Å². The molecule has 14 rings (SSSR count). The Morgan fingerprint density at radius 2 is 0.849 bits per heavy atom. The number of fused-ring (bicyclic) bond motifs is 6. The molecule has 0 unspecified atom stereocenters. The zero-order valence-electron chi connectivity index (χ0n) is 65.8. The molecule has 0 fully saturated rings. The molecule has 2 amide bonds. The summed E-state index contributed by atoms with van der Waals surface area (Å²) in [5.41, 5.74) is 10.2. The van der Waals surface area contributed by atoms with Crippen LogP contribution in [-0.2, 0) is 16.2 Å². The minimum atomic E-state index is -0.507. The molecule has 0 saturated heterocycles. The lowest BCUT2D eigenvalue weighted by Crippen LogP contribution is -2.42. The number of aromatic nitrogens is 2. The number of allylic oxidation sites excluding steroid dienone is 3. The van der Waals surface area contributed by atoms with Gasteiger partial charge in [0.2, 0.25) is 0 Å². The predicted octanol–water partition coefficient (Wildman–Crippen LogP) is 26.8. The molecular weight excluding hydrogens is 1310 g/mol. The summed E-state index contributed by atoms with van der Waals surface area (Å²) in [4.78, 5) is 56.6. The van der Waals surface area contributed by atoms with Crippen molar-refractivity contribution in [1.82, 2.24) is 9.38 Å². The van der Waals surface area contributed by atoms with E-state index in [9.17, 15) is 0 Å². The standard InChI is InChI=1S/C96H101N3O7/c1-54(2)50-94(17,18)59-32-40-63(41-33-59)105-76-48-70-79-71(90(102)99(89(70)101)86-66(55(3)4)26-25-27-67(86)56(5)6)49-77(106-65-44-36-61(37-45-65)96(21,22)53-93(14,15)16)83-81-75(103-62-38-30-58(31-39-62)57(7)51-91(8,9)10)47-69-78-68(87-97-72-28-23-24-29-73(72)98(87)88(69)100)46-74(80(84(78)81)82(76)85(79)83)104-64-42-34-60(35-43-64)95(19,20)52-92(11,12)13/h23-49,51,55-56H,1,50,52-53H2,2-22H3/b57-51+. The van der Waals surface area contributed by atoms with Crippen molar-refractivity contribution in [1.29, 1.82) is 0 Å². The molecule has 3 heterocycles. The van der Waals surface area contributed by atoms with Gasteiger partial charge in [-0.15, -0.1) is 6.58 Å². The van der Waals surface area contributed by atoms with Crippen LogP contribution in [0.4, 0.5) is 5.69 Å². The highest BCUT2D eigenvalue weighted by molar-refractivity contribution is 6.47. The van der Waals surface area contributed by atoms with E-state index in [0.29, 0.717) is 122 Å². The maximum Gasteiger partial charge on any atom is 0.266 e. The normalized spacial score (nSPS) is 13.8. The highest BCUT2D eigenvalue weighted by Crippen LogP contribution is 2.59. The van der Waals surface area contributed by atoms with Gasteiger partial charge in [0, 0.05) is 48.5 Å². The highest BCUT2D eigenvalue weighted by atomic mass is 16.5. The third kappa shape index (κ3) is 13.2. The Labute approximate surface area is 624 Å². The zero-order chi connectivity index (χ0) is 76.0. The third-order valence-electron chi connectivity index (χ3n) is 21.3. The molecule has 0 atom stereocenters. The number of ether oxygens (including phenoxy) is 4. The molecule has 1 aliphatic heterocycles. The topological polar surface area (TPSA) is 109 Å². The number of nitrogens with zero attached hydrogens (tertiary/aromatic N) is 3. The maximum absolute atomic E-state index is 16.8. The number of rotatable bonds is 19. The number of carbonyl (C=O) groups is 2. The molecule has 0 N–H and O–H groups in total. The summed E-state index contributed by atoms with van der Waals surface area (Å²) in [6.45, 7) is 50.6. The highest BCUT2D eigenvalue weighted by Gasteiger charge is 2.42. The molecule has 0 spiro atoms. The Balaban J connectivity index is 1.18. The van der Waals surface area contributed by atoms with E-state index in [1.807, 2.05) is 115 Å². The summed E-state index contributed by atoms with van der Waals surface area (Å²) in [5, 5.41) is 5.24. The largest absolute Gasteiger partial charge is 0.457 e. The van der Waals surface area contributed by atoms with E-state index < -0.39 is 11.8 Å². The van der Waals surface area contributed by atoms with Gasteiger partial charge in [0.1, 0.15) is 51.6 Å². The molecule has 10 nitrogen and oxygen atoms in total. The van der Waals surface area contributed by atoms with Crippen molar-refractivity contribution >= 4 is 93.6 Å². The van der Waals surface area contributed by atoms with Crippen LogP contribution in [0.2, 0.25) is 0 Å². The molecule has 0 radical (unpaired) electrons. The van der Waals surface area contributed by atoms with Crippen LogP contribution in [0, 0.1) is 16.2 Å². The van der Waals surface area contributed by atoms with E-state index in [1.165, 1.54) is 4.90 Å². The van der Waals surface area contributed by atoms with Crippen molar-refractivity contribution in [2.24, 2.45) is 16.2 Å². The SMILES string of the molecule is C=C(C)CC(C)(C)c1ccc(Oc2cc3c4c(cc(Oc5ccc(C(C)(C)CC(C)(C)C)cc5)c5c6c(Oc7ccc(/C(C)=C/C(C)(C)C)cc7)cc7c(=O)n8c9ccccc9nc8c8cc(Oc9ccc(C(C)(C)CC(C)(C)C)cc9)c(c2c45)c6c78)C(=O)N(c2c(C(C)C)cccc2C(C)C)C3=O)cc1. The molecule has 0 bridgehead atoms. The summed E-state index contributed by atoms with van der Waals surface area (Å²) >= 11 is 0. The monoisotopic (exact) mass is 1410 g/mol. The van der Waals surface area contributed by atoms with Crippen LogP contribution in [0.3, 0.4) is 0 Å². The second-order valence-corrected chi connectivity index (χ2v) is 36.3. The van der Waals surface area contributed by atoms with Crippen LogP contribution in [0.1, 0.15) is 231 Å². The van der Waals surface area contributed by atoms with Crippen molar-refractivity contribution in [3.05, 3.63) is 237 Å². The van der Waals surface area contributed by atoms with Gasteiger partial charge in [0.05, 0.1) is 33.2 Å². The lowest BCUT2D eigenvalue weighted by atomic mass is 9.72. The lowest BCUT2D eigenvalue weighted by Gasteiger charge is -2.34. The molecule has 106 heavy (non-hydrogen) atoms. The van der Waals surface area contributed by atoms with Gasteiger partial charge in [-0.1, -0.05) is 222 Å². The van der Waals surface area contributed by atoms with Crippen molar-refractivity contribution < 1.29 is 28.5 Å². The van der Waals surface area contributed by atoms with E-state index in [1.54, 1.807) is 4.40 Å². The van der Waals surface area contributed by atoms with Gasteiger partial charge in [-0.2, -0.15) is 0 Å². The number of benzene rings is 11. The first-order valence-electron chi connectivity index (χ1n) is 37.6. The minimum absolute atomic E-state index is 0.0445. The van der Waals surface area contributed by atoms with Crippen molar-refractivity contribution in [3.8, 4) is 46.0 Å². The average Bonchev–Trinajstić information content (AvgIpc) is 0.881. The summed E-state index contributed by atoms with van der Waals surface area (Å²) in [7, 11) is 0. The van der Waals surface area contributed by atoms with E-state index in [4.69, 9.17) is 23.9 Å². The minimum Gasteiger partial charge on any atom is -0.457 e. The second-order valence-electron chi connectivity index (χ2n) is 36.3. The number of imide groups is 1. The van der Waals surface area contributed by atoms with Crippen LogP contribution in [0.15, 0.2) is 187 Å². The molecule has 542 valence electrons. The van der Waals surface area contributed by atoms with Gasteiger partial charge >= 0.3 is 0 Å². The maximum atomic E-state index is 16.8. The van der Waals surface area contributed by atoms with Gasteiger partial charge in [0.15, 0.2) is 0 Å². The number of imidazole rings is 1. The second kappa shape index (κ2) is 26.0. The Kier molecular flexibility index (Phi) is 17.8. The predicted molar refractivity (Wildman–Crippen MR) is 440 cm³/mol. The summed E-state index contributed by atoms with van der Waals surface area (Å²) in [6.07, 6.45) is 4.90. The molecule has 2 aromatic heterocycles. The fourth-order valence-electron chi connectivity index (χ4n) is 17.7. The Hall–Kier alpha value is -10.3. The van der Waals surface area contributed by atoms with E-state index in [2.05, 4.69) is 207 Å². The smallest absolute Gasteiger partial charge is 0.266 e. The number of carbonyl (C=O) groups excluding carboxylic acids is 2. The molecule has 1 aliphatic rings. The molecule has 0 aliphatic carbocycles. The molecular formula is C96H101N3O7. The average molecular weight is 1410 g/mol. The van der Waals surface area contributed by atoms with Gasteiger partial charge in [-0.3, -0.25) is 18.8 Å². The first-order valence-corrected chi connectivity index (χ1v) is 37.6. The Morgan fingerprint density at radius 3 is 1.26 bits per heavy atom. The van der Waals surface area contributed by atoms with Crippen molar-refractivity contribution in [2.45, 2.75) is 193 Å². The molecule has 0 saturated carbocycles. The number of amides is 2.